The van der Waals surface area contributed by atoms with Crippen LogP contribution in [0.5, 0.6) is 0 Å². The van der Waals surface area contributed by atoms with Crippen LogP contribution in [0.15, 0.2) is 12.2 Å². The number of halogens is 1. The van der Waals surface area contributed by atoms with Crippen LogP contribution in [-0.2, 0) is 0 Å². The Morgan fingerprint density at radius 1 is 1.18 bits per heavy atom. The number of rotatable bonds is 4. The van der Waals surface area contributed by atoms with Gasteiger partial charge in [-0.2, -0.15) is 0 Å². The molecule has 1 fully saturated rings. The van der Waals surface area contributed by atoms with E-state index in [2.05, 4.69) is 12.2 Å². The lowest BCUT2D eigenvalue weighted by molar-refractivity contribution is 0.557. The summed E-state index contributed by atoms with van der Waals surface area (Å²) in [5.41, 5.74) is 0. The third-order valence-corrected chi connectivity index (χ3v) is 2.60. The molecule has 1 aliphatic rings. The fourth-order valence-electron chi connectivity index (χ4n) is 1.72. The van der Waals surface area contributed by atoms with Crippen molar-refractivity contribution in [1.82, 2.24) is 0 Å². The summed E-state index contributed by atoms with van der Waals surface area (Å²) >= 11 is 5.55. The second kappa shape index (κ2) is 5.65. The number of alkyl halides is 1. The molecule has 0 radical (unpaired) electrons. The maximum Gasteiger partial charge on any atom is 0.0257 e. The Morgan fingerprint density at radius 2 is 1.91 bits per heavy atom. The Labute approximate surface area is 74.6 Å². The Balaban J connectivity index is 2.01. The van der Waals surface area contributed by atoms with Crippen molar-refractivity contribution in [2.24, 2.45) is 5.92 Å². The third-order valence-electron chi connectivity index (χ3n) is 2.39. The van der Waals surface area contributed by atoms with E-state index < -0.39 is 0 Å². The van der Waals surface area contributed by atoms with E-state index in [4.69, 9.17) is 11.6 Å². The Hall–Kier alpha value is 0.0300. The maximum atomic E-state index is 5.55. The standard InChI is InChI=1S/C10H17Cl/c11-9-5-1-2-6-10-7-3-4-8-10/h1-2,10H,3-9H2. The fraction of sp³-hybridized carbons (Fsp3) is 0.800. The van der Waals surface area contributed by atoms with E-state index >= 15 is 0 Å². The van der Waals surface area contributed by atoms with E-state index in [-0.39, 0.29) is 0 Å². The highest BCUT2D eigenvalue weighted by Gasteiger charge is 2.12. The highest BCUT2D eigenvalue weighted by atomic mass is 35.5. The molecule has 0 aromatic rings. The van der Waals surface area contributed by atoms with Gasteiger partial charge in [-0.15, -0.1) is 11.6 Å². The van der Waals surface area contributed by atoms with Crippen molar-refractivity contribution in [1.29, 1.82) is 0 Å². The van der Waals surface area contributed by atoms with E-state index in [1.807, 2.05) is 0 Å². The predicted octanol–water partition coefficient (Wildman–Crippen LogP) is 3.75. The first-order valence-corrected chi connectivity index (χ1v) is 5.18. The minimum absolute atomic E-state index is 0.765. The Morgan fingerprint density at radius 3 is 2.55 bits per heavy atom. The molecule has 0 spiro atoms. The summed E-state index contributed by atoms with van der Waals surface area (Å²) in [7, 11) is 0. The van der Waals surface area contributed by atoms with Crippen LogP contribution in [0, 0.1) is 5.92 Å². The molecule has 64 valence electrons. The van der Waals surface area contributed by atoms with Crippen molar-refractivity contribution >= 4 is 11.6 Å². The predicted molar refractivity (Wildman–Crippen MR) is 51.1 cm³/mol. The Kier molecular flexibility index (Phi) is 4.69. The molecule has 1 heteroatoms. The molecule has 1 rings (SSSR count). The molecule has 0 saturated heterocycles. The van der Waals surface area contributed by atoms with Gasteiger partial charge < -0.3 is 0 Å². The van der Waals surface area contributed by atoms with Gasteiger partial charge in [0.25, 0.3) is 0 Å². The summed E-state index contributed by atoms with van der Waals surface area (Å²) < 4.78 is 0. The zero-order valence-corrected chi connectivity index (χ0v) is 7.82. The van der Waals surface area contributed by atoms with Gasteiger partial charge >= 0.3 is 0 Å². The van der Waals surface area contributed by atoms with Gasteiger partial charge in [0.2, 0.25) is 0 Å². The van der Waals surface area contributed by atoms with Gasteiger partial charge in [0.15, 0.2) is 0 Å². The zero-order valence-electron chi connectivity index (χ0n) is 7.06. The lowest BCUT2D eigenvalue weighted by atomic mass is 10.0. The quantitative estimate of drug-likeness (QED) is 0.448. The van der Waals surface area contributed by atoms with Crippen molar-refractivity contribution in [2.45, 2.75) is 38.5 Å². The molecule has 0 bridgehead atoms. The fourth-order valence-corrected chi connectivity index (χ4v) is 1.84. The van der Waals surface area contributed by atoms with Crippen molar-refractivity contribution in [3.63, 3.8) is 0 Å². The molecule has 11 heavy (non-hydrogen) atoms. The molecular weight excluding hydrogens is 156 g/mol. The van der Waals surface area contributed by atoms with E-state index in [0.717, 1.165) is 18.2 Å². The topological polar surface area (TPSA) is 0 Å². The normalized spacial score (nSPS) is 20.1. The lowest BCUT2D eigenvalue weighted by Crippen LogP contribution is -1.88. The molecular formula is C10H17Cl. The molecule has 0 nitrogen and oxygen atoms in total. The lowest BCUT2D eigenvalue weighted by Gasteiger charge is -2.02. The first-order valence-electron chi connectivity index (χ1n) is 4.64. The summed E-state index contributed by atoms with van der Waals surface area (Å²) in [5.74, 6) is 1.75. The maximum absolute atomic E-state index is 5.55. The highest BCUT2D eigenvalue weighted by molar-refractivity contribution is 6.17. The smallest absolute Gasteiger partial charge is 0.0257 e. The zero-order chi connectivity index (χ0) is 7.94. The van der Waals surface area contributed by atoms with Crippen LogP contribution in [0.4, 0.5) is 0 Å². The van der Waals surface area contributed by atoms with E-state index in [1.54, 1.807) is 0 Å². The summed E-state index contributed by atoms with van der Waals surface area (Å²) in [5, 5.41) is 0. The minimum atomic E-state index is 0.765. The molecule has 1 aliphatic carbocycles. The molecule has 0 amide bonds. The molecule has 0 aromatic heterocycles. The minimum Gasteiger partial charge on any atom is -0.126 e. The first kappa shape index (κ1) is 9.12. The number of allylic oxidation sites excluding steroid dienone is 2. The molecule has 0 aromatic carbocycles. The van der Waals surface area contributed by atoms with Gasteiger partial charge in [0, 0.05) is 5.88 Å². The molecule has 0 N–H and O–H groups in total. The Bertz CT molecular complexity index is 112. The highest BCUT2D eigenvalue weighted by Crippen LogP contribution is 2.27. The van der Waals surface area contributed by atoms with Crippen LogP contribution in [-0.4, -0.2) is 5.88 Å². The van der Waals surface area contributed by atoms with Gasteiger partial charge in [-0.05, 0) is 18.8 Å². The van der Waals surface area contributed by atoms with E-state index in [9.17, 15) is 0 Å². The van der Waals surface area contributed by atoms with E-state index in [1.165, 1.54) is 32.1 Å². The third kappa shape index (κ3) is 3.81. The molecule has 0 atom stereocenters. The molecule has 1 saturated carbocycles. The summed E-state index contributed by atoms with van der Waals surface area (Å²) in [6.07, 6.45) is 12.6. The second-order valence-corrected chi connectivity index (χ2v) is 3.71. The van der Waals surface area contributed by atoms with E-state index in [0.29, 0.717) is 0 Å². The van der Waals surface area contributed by atoms with Crippen LogP contribution in [0.3, 0.4) is 0 Å². The summed E-state index contributed by atoms with van der Waals surface area (Å²) in [6, 6.07) is 0. The number of hydrogen-bond donors (Lipinski definition) is 0. The van der Waals surface area contributed by atoms with Gasteiger partial charge in [0.05, 0.1) is 0 Å². The monoisotopic (exact) mass is 172 g/mol. The average Bonchev–Trinajstić information content (AvgIpc) is 2.50. The first-order chi connectivity index (χ1) is 5.43. The van der Waals surface area contributed by atoms with Crippen LogP contribution in [0.1, 0.15) is 38.5 Å². The second-order valence-electron chi connectivity index (χ2n) is 3.34. The van der Waals surface area contributed by atoms with Gasteiger partial charge in [-0.25, -0.2) is 0 Å². The van der Waals surface area contributed by atoms with Crippen LogP contribution in [0.2, 0.25) is 0 Å². The molecule has 0 heterocycles. The van der Waals surface area contributed by atoms with Crippen molar-refractivity contribution < 1.29 is 0 Å². The SMILES string of the molecule is ClCCC=CCC1CCCC1. The van der Waals surface area contributed by atoms with Crippen molar-refractivity contribution in [3.05, 3.63) is 12.2 Å². The average molecular weight is 173 g/mol. The van der Waals surface area contributed by atoms with Gasteiger partial charge in [-0.1, -0.05) is 37.8 Å². The van der Waals surface area contributed by atoms with Crippen molar-refractivity contribution in [2.75, 3.05) is 5.88 Å². The summed E-state index contributed by atoms with van der Waals surface area (Å²) in [6.45, 7) is 0. The van der Waals surface area contributed by atoms with Gasteiger partial charge in [0.1, 0.15) is 0 Å². The summed E-state index contributed by atoms with van der Waals surface area (Å²) in [4.78, 5) is 0. The van der Waals surface area contributed by atoms with Crippen LogP contribution < -0.4 is 0 Å². The van der Waals surface area contributed by atoms with Gasteiger partial charge in [-0.3, -0.25) is 0 Å². The van der Waals surface area contributed by atoms with Crippen LogP contribution >= 0.6 is 11.6 Å². The molecule has 0 aliphatic heterocycles. The van der Waals surface area contributed by atoms with Crippen LogP contribution in [0.25, 0.3) is 0 Å². The molecule has 0 unspecified atom stereocenters. The van der Waals surface area contributed by atoms with Crippen molar-refractivity contribution in [3.8, 4) is 0 Å². The largest absolute Gasteiger partial charge is 0.126 e. The number of hydrogen-bond acceptors (Lipinski definition) is 0.